The Morgan fingerprint density at radius 2 is 0.529 bits per heavy atom. The molecule has 0 rings (SSSR count). The summed E-state index contributed by atoms with van der Waals surface area (Å²) in [4.78, 5) is 73.1. The highest BCUT2D eigenvalue weighted by molar-refractivity contribution is 7.47. The van der Waals surface area contributed by atoms with Gasteiger partial charge in [-0.1, -0.05) is 367 Å². The number of phosphoric ester groups is 2. The normalized spacial score (nSPS) is 14.0. The molecule has 0 bridgehead atoms. The van der Waals surface area contributed by atoms with Crippen molar-refractivity contribution in [2.45, 2.75) is 438 Å². The van der Waals surface area contributed by atoms with Crippen molar-refractivity contribution in [1.82, 2.24) is 0 Å². The van der Waals surface area contributed by atoms with Gasteiger partial charge in [0.25, 0.3) is 0 Å². The minimum Gasteiger partial charge on any atom is -0.462 e. The Hall–Kier alpha value is -2.46. The van der Waals surface area contributed by atoms with Crippen molar-refractivity contribution >= 4 is 39.5 Å². The van der Waals surface area contributed by atoms with Gasteiger partial charge in [0.05, 0.1) is 26.4 Å². The van der Waals surface area contributed by atoms with Gasteiger partial charge in [-0.25, -0.2) is 9.13 Å². The standard InChI is InChI=1S/C83H158O17P2/c1-6-9-12-15-18-21-24-27-29-30-34-37-42-47-52-57-62-67-81(86)94-73-79(100-83(88)69-64-59-54-49-44-39-35-31-33-36-40-45-50-55-60-65-76(4)5)75-98-102(91,92)96-71-77(84)70-95-101(89,90)97-74-78(72-93-80(85)66-61-56-51-46-41-26-23-20-17-14-11-8-3)99-82(87)68-63-58-53-48-43-38-32-28-25-22-19-16-13-10-7-2/h22,25,28,32,76-79,84H,6-21,23-24,26-27,29-31,33-75H2,1-5H3,(H,89,90)(H,91,92)/b25-22-,32-28-/t77-,78+,79+/m0/s1. The lowest BCUT2D eigenvalue weighted by Crippen LogP contribution is -2.30. The predicted molar refractivity (Wildman–Crippen MR) is 418 cm³/mol. The third-order valence-corrected chi connectivity index (χ3v) is 20.8. The molecule has 0 aromatic rings. The van der Waals surface area contributed by atoms with Crippen molar-refractivity contribution in [1.29, 1.82) is 0 Å². The van der Waals surface area contributed by atoms with E-state index in [0.29, 0.717) is 25.7 Å². The van der Waals surface area contributed by atoms with Gasteiger partial charge in [-0.05, 0) is 57.3 Å². The average molecular weight is 1490 g/mol. The van der Waals surface area contributed by atoms with E-state index < -0.39 is 97.5 Å². The van der Waals surface area contributed by atoms with Crippen molar-refractivity contribution in [3.05, 3.63) is 24.3 Å². The molecule has 0 saturated heterocycles. The van der Waals surface area contributed by atoms with E-state index in [0.717, 1.165) is 109 Å². The van der Waals surface area contributed by atoms with Crippen LogP contribution >= 0.6 is 15.6 Å². The molecule has 0 heterocycles. The summed E-state index contributed by atoms with van der Waals surface area (Å²) >= 11 is 0. The van der Waals surface area contributed by atoms with Crippen LogP contribution < -0.4 is 0 Å². The number of phosphoric acid groups is 2. The predicted octanol–water partition coefficient (Wildman–Crippen LogP) is 24.8. The maximum absolute atomic E-state index is 13.1. The molecule has 0 radical (unpaired) electrons. The minimum absolute atomic E-state index is 0.0858. The van der Waals surface area contributed by atoms with Crippen LogP contribution in [0.5, 0.6) is 0 Å². The fourth-order valence-electron chi connectivity index (χ4n) is 12.4. The topological polar surface area (TPSA) is 237 Å². The van der Waals surface area contributed by atoms with Crippen LogP contribution in [0.1, 0.15) is 420 Å². The Balaban J connectivity index is 5.29. The maximum atomic E-state index is 13.1. The zero-order chi connectivity index (χ0) is 74.8. The van der Waals surface area contributed by atoms with E-state index >= 15 is 0 Å². The number of hydrogen-bond donors (Lipinski definition) is 3. The van der Waals surface area contributed by atoms with E-state index in [2.05, 4.69) is 58.9 Å². The van der Waals surface area contributed by atoms with Crippen LogP contribution in [-0.4, -0.2) is 96.7 Å². The molecule has 0 aliphatic heterocycles. The van der Waals surface area contributed by atoms with Crippen molar-refractivity contribution < 1.29 is 80.2 Å². The summed E-state index contributed by atoms with van der Waals surface area (Å²) in [5.74, 6) is -1.33. The largest absolute Gasteiger partial charge is 0.472 e. The van der Waals surface area contributed by atoms with E-state index in [-0.39, 0.29) is 25.7 Å². The molecule has 0 aromatic carbocycles. The van der Waals surface area contributed by atoms with Gasteiger partial charge in [-0.15, -0.1) is 0 Å². The van der Waals surface area contributed by atoms with Crippen LogP contribution in [0.3, 0.4) is 0 Å². The molecule has 2 unspecified atom stereocenters. The first kappa shape index (κ1) is 99.5. The van der Waals surface area contributed by atoms with Crippen molar-refractivity contribution in [2.24, 2.45) is 5.92 Å². The second-order valence-electron chi connectivity index (χ2n) is 29.7. The second kappa shape index (κ2) is 75.4. The highest BCUT2D eigenvalue weighted by Crippen LogP contribution is 2.45. The summed E-state index contributed by atoms with van der Waals surface area (Å²) < 4.78 is 68.8. The lowest BCUT2D eigenvalue weighted by atomic mass is 10.0. The highest BCUT2D eigenvalue weighted by Gasteiger charge is 2.30. The Morgan fingerprint density at radius 3 is 0.804 bits per heavy atom. The van der Waals surface area contributed by atoms with Gasteiger partial charge in [0, 0.05) is 25.7 Å². The van der Waals surface area contributed by atoms with Gasteiger partial charge in [-0.3, -0.25) is 37.3 Å². The summed E-state index contributed by atoms with van der Waals surface area (Å²) in [7, 11) is -9.94. The Bertz CT molecular complexity index is 2040. The Morgan fingerprint density at radius 1 is 0.304 bits per heavy atom. The van der Waals surface area contributed by atoms with Crippen LogP contribution in [0, 0.1) is 5.92 Å². The van der Waals surface area contributed by atoms with E-state index in [1.165, 1.54) is 231 Å². The minimum atomic E-state index is -4.97. The van der Waals surface area contributed by atoms with Crippen molar-refractivity contribution in [3.8, 4) is 0 Å². The molecule has 0 spiro atoms. The molecule has 17 nitrogen and oxygen atoms in total. The summed E-state index contributed by atoms with van der Waals surface area (Å²) in [5, 5.41) is 10.7. The van der Waals surface area contributed by atoms with Gasteiger partial charge in [0.15, 0.2) is 12.2 Å². The zero-order valence-electron chi connectivity index (χ0n) is 66.2. The fourth-order valence-corrected chi connectivity index (χ4v) is 14.0. The monoisotopic (exact) mass is 1490 g/mol. The average Bonchev–Trinajstić information content (AvgIpc) is 0.921. The molecule has 0 aromatic heterocycles. The lowest BCUT2D eigenvalue weighted by Gasteiger charge is -2.21. The number of unbranched alkanes of at least 4 members (excludes halogenated alkanes) is 50. The molecule has 0 aliphatic carbocycles. The fraction of sp³-hybridized carbons (Fsp3) is 0.904. The number of ether oxygens (including phenoxy) is 4. The molecular formula is C83H158O17P2. The Kier molecular flexibility index (Phi) is 73.5. The van der Waals surface area contributed by atoms with Crippen molar-refractivity contribution in [2.75, 3.05) is 39.6 Å². The molecule has 19 heteroatoms. The SMILES string of the molecule is CCCCCC/C=C\C=C/CCCCCCCC(=O)O[C@H](COC(=O)CCCCCCCCCCCCCC)COP(=O)(O)OC[C@H](O)COP(=O)(O)OC[C@@H](COC(=O)CCCCCCCCCCCCCCCCCCC)OC(=O)CCCCCCCCCCCCCCCCCC(C)C. The second-order valence-corrected chi connectivity index (χ2v) is 32.6. The van der Waals surface area contributed by atoms with E-state index in [1.54, 1.807) is 0 Å². The van der Waals surface area contributed by atoms with Crippen LogP contribution in [-0.2, 0) is 65.4 Å². The number of hydrogen-bond acceptors (Lipinski definition) is 15. The number of esters is 4. The number of allylic oxidation sites excluding steroid dienone is 4. The van der Waals surface area contributed by atoms with E-state index in [1.807, 2.05) is 0 Å². The van der Waals surface area contributed by atoms with Crippen molar-refractivity contribution in [3.63, 3.8) is 0 Å². The van der Waals surface area contributed by atoms with Crippen LogP contribution in [0.25, 0.3) is 0 Å². The van der Waals surface area contributed by atoms with E-state index in [4.69, 9.17) is 37.0 Å². The first-order valence-corrected chi connectivity index (χ1v) is 45.4. The molecule has 102 heavy (non-hydrogen) atoms. The number of rotatable bonds is 81. The Labute approximate surface area is 624 Å². The molecule has 5 atom stereocenters. The van der Waals surface area contributed by atoms with E-state index in [9.17, 15) is 43.2 Å². The van der Waals surface area contributed by atoms with Gasteiger partial charge < -0.3 is 33.8 Å². The molecule has 3 N–H and O–H groups in total. The smallest absolute Gasteiger partial charge is 0.462 e. The summed E-state index contributed by atoms with van der Waals surface area (Å²) in [6.45, 7) is 7.31. The van der Waals surface area contributed by atoms with Gasteiger partial charge in [-0.2, -0.15) is 0 Å². The molecule has 0 fully saturated rings. The number of carbonyl (C=O) groups excluding carboxylic acids is 4. The summed E-state index contributed by atoms with van der Waals surface area (Å²) in [5.41, 5.74) is 0. The quantitative estimate of drug-likeness (QED) is 0.0169. The van der Waals surface area contributed by atoms with Crippen LogP contribution in [0.15, 0.2) is 24.3 Å². The highest BCUT2D eigenvalue weighted by atomic mass is 31.2. The number of aliphatic hydroxyl groups excluding tert-OH is 1. The lowest BCUT2D eigenvalue weighted by molar-refractivity contribution is -0.161. The third-order valence-electron chi connectivity index (χ3n) is 18.9. The molecule has 0 saturated carbocycles. The third kappa shape index (κ3) is 75.8. The van der Waals surface area contributed by atoms with Gasteiger partial charge >= 0.3 is 39.5 Å². The zero-order valence-corrected chi connectivity index (χ0v) is 68.0. The summed E-state index contributed by atoms with van der Waals surface area (Å²) in [6, 6.07) is 0. The van der Waals surface area contributed by atoms with Gasteiger partial charge in [0.1, 0.15) is 19.3 Å². The molecule has 602 valence electrons. The number of carbonyl (C=O) groups is 4. The first-order chi connectivity index (χ1) is 49.5. The maximum Gasteiger partial charge on any atom is 0.472 e. The molecule has 0 amide bonds. The van der Waals surface area contributed by atoms with Crippen LogP contribution in [0.2, 0.25) is 0 Å². The molecule has 0 aliphatic rings. The van der Waals surface area contributed by atoms with Gasteiger partial charge in [0.2, 0.25) is 0 Å². The number of aliphatic hydroxyl groups is 1. The van der Waals surface area contributed by atoms with Crippen LogP contribution in [0.4, 0.5) is 0 Å². The molecular weight excluding hydrogens is 1330 g/mol. The first-order valence-electron chi connectivity index (χ1n) is 42.5. The summed E-state index contributed by atoms with van der Waals surface area (Å²) in [6.07, 6.45) is 70.0.